The molecule has 0 fully saturated rings. The molecule has 0 spiro atoms. The zero-order valence-electron chi connectivity index (χ0n) is 10.2. The van der Waals surface area contributed by atoms with Crippen molar-refractivity contribution in [2.45, 2.75) is 12.8 Å². The fourth-order valence-electron chi connectivity index (χ4n) is 1.41. The highest BCUT2D eigenvalue weighted by molar-refractivity contribution is 6.44. The minimum Gasteiger partial charge on any atom is -0.370 e. The molecule has 0 aliphatic heterocycles. The van der Waals surface area contributed by atoms with Gasteiger partial charge in [-0.1, -0.05) is 23.2 Å². The molecule has 0 atom stereocenters. The first-order valence-electron chi connectivity index (χ1n) is 5.53. The van der Waals surface area contributed by atoms with Crippen LogP contribution in [0.4, 0.5) is 5.69 Å². The number of nitrogens with two attached hydrogens (primary N) is 1. The zero-order valence-corrected chi connectivity index (χ0v) is 11.7. The number of nitrogens with one attached hydrogen (secondary N) is 1. The second-order valence-electron chi connectivity index (χ2n) is 3.87. The minimum atomic E-state index is -0.675. The summed E-state index contributed by atoms with van der Waals surface area (Å²) in [7, 11) is 0. The van der Waals surface area contributed by atoms with E-state index in [-0.39, 0.29) is 34.3 Å². The van der Waals surface area contributed by atoms with Crippen LogP contribution in [0.5, 0.6) is 0 Å². The number of primary amides is 1. The number of hydrogen-bond acceptors (Lipinski definition) is 4. The Morgan fingerprint density at radius 2 is 2.00 bits per heavy atom. The van der Waals surface area contributed by atoms with Crippen molar-refractivity contribution in [3.8, 4) is 0 Å². The third-order valence-corrected chi connectivity index (χ3v) is 3.16. The monoisotopic (exact) mass is 319 g/mol. The fourth-order valence-corrected chi connectivity index (χ4v) is 1.81. The lowest BCUT2D eigenvalue weighted by molar-refractivity contribution is -0.384. The van der Waals surface area contributed by atoms with Crippen molar-refractivity contribution >= 4 is 40.7 Å². The molecule has 9 heteroatoms. The summed E-state index contributed by atoms with van der Waals surface area (Å²) in [4.78, 5) is 32.4. The Morgan fingerprint density at radius 3 is 2.55 bits per heavy atom. The van der Waals surface area contributed by atoms with Gasteiger partial charge >= 0.3 is 0 Å². The van der Waals surface area contributed by atoms with Crippen molar-refractivity contribution in [3.63, 3.8) is 0 Å². The van der Waals surface area contributed by atoms with Gasteiger partial charge in [0.05, 0.1) is 20.5 Å². The molecule has 0 radical (unpaired) electrons. The molecule has 7 nitrogen and oxygen atoms in total. The summed E-state index contributed by atoms with van der Waals surface area (Å²) in [5.41, 5.74) is 4.53. The number of amides is 2. The van der Waals surface area contributed by atoms with Crippen molar-refractivity contribution in [3.05, 3.63) is 37.9 Å². The summed E-state index contributed by atoms with van der Waals surface area (Å²) < 4.78 is 0. The minimum absolute atomic E-state index is 0.0651. The summed E-state index contributed by atoms with van der Waals surface area (Å²) in [5.74, 6) is -1.08. The topological polar surface area (TPSA) is 115 Å². The maximum absolute atomic E-state index is 11.8. The van der Waals surface area contributed by atoms with Crippen LogP contribution < -0.4 is 11.1 Å². The third kappa shape index (κ3) is 4.36. The predicted octanol–water partition coefficient (Wildman–Crippen LogP) is 1.90. The van der Waals surface area contributed by atoms with E-state index in [0.717, 1.165) is 12.1 Å². The van der Waals surface area contributed by atoms with Crippen LogP contribution in [0.3, 0.4) is 0 Å². The molecule has 0 aliphatic carbocycles. The Morgan fingerprint density at radius 1 is 1.35 bits per heavy atom. The third-order valence-electron chi connectivity index (χ3n) is 2.35. The number of rotatable bonds is 6. The fraction of sp³-hybridized carbons (Fsp3) is 0.273. The molecule has 2 amide bonds. The molecule has 0 unspecified atom stereocenters. The number of halogens is 2. The molecular formula is C11H11Cl2N3O4. The van der Waals surface area contributed by atoms with Crippen LogP contribution in [0.15, 0.2) is 12.1 Å². The van der Waals surface area contributed by atoms with E-state index >= 15 is 0 Å². The highest BCUT2D eigenvalue weighted by Crippen LogP contribution is 2.30. The van der Waals surface area contributed by atoms with Gasteiger partial charge in [0.2, 0.25) is 5.91 Å². The summed E-state index contributed by atoms with van der Waals surface area (Å²) in [5, 5.41) is 13.0. The molecule has 108 valence electrons. The van der Waals surface area contributed by atoms with E-state index in [1.165, 1.54) is 0 Å². The number of nitro benzene ring substituents is 1. The molecule has 1 rings (SSSR count). The van der Waals surface area contributed by atoms with Gasteiger partial charge in [-0.15, -0.1) is 0 Å². The van der Waals surface area contributed by atoms with Crippen molar-refractivity contribution in [2.75, 3.05) is 6.54 Å². The van der Waals surface area contributed by atoms with Gasteiger partial charge in [-0.05, 0) is 6.42 Å². The van der Waals surface area contributed by atoms with Crippen LogP contribution in [0.1, 0.15) is 23.2 Å². The van der Waals surface area contributed by atoms with E-state index in [9.17, 15) is 19.7 Å². The van der Waals surface area contributed by atoms with Crippen LogP contribution in [-0.4, -0.2) is 23.3 Å². The molecular weight excluding hydrogens is 309 g/mol. The molecule has 0 aromatic heterocycles. The first-order valence-corrected chi connectivity index (χ1v) is 6.28. The van der Waals surface area contributed by atoms with Gasteiger partial charge in [-0.25, -0.2) is 0 Å². The average molecular weight is 320 g/mol. The van der Waals surface area contributed by atoms with E-state index in [1.54, 1.807) is 0 Å². The van der Waals surface area contributed by atoms with Crippen LogP contribution in [0.25, 0.3) is 0 Å². The van der Waals surface area contributed by atoms with Crippen LogP contribution in [0, 0.1) is 10.1 Å². The molecule has 20 heavy (non-hydrogen) atoms. The molecule has 0 saturated carbocycles. The van der Waals surface area contributed by atoms with Crippen LogP contribution >= 0.6 is 23.2 Å². The van der Waals surface area contributed by atoms with Gasteiger partial charge in [0.15, 0.2) is 0 Å². The van der Waals surface area contributed by atoms with Crippen LogP contribution in [0.2, 0.25) is 10.0 Å². The summed E-state index contributed by atoms with van der Waals surface area (Å²) in [6, 6.07) is 2.10. The highest BCUT2D eigenvalue weighted by atomic mass is 35.5. The second kappa shape index (κ2) is 7.06. The smallest absolute Gasteiger partial charge is 0.271 e. The molecule has 3 N–H and O–H groups in total. The predicted molar refractivity (Wildman–Crippen MR) is 73.9 cm³/mol. The lowest BCUT2D eigenvalue weighted by Crippen LogP contribution is -2.26. The number of nitro groups is 1. The maximum atomic E-state index is 11.8. The molecule has 0 heterocycles. The van der Waals surface area contributed by atoms with E-state index in [2.05, 4.69) is 5.32 Å². The number of carbonyl (C=O) groups excluding carboxylic acids is 2. The molecule has 0 bridgehead atoms. The number of carbonyl (C=O) groups is 2. The lowest BCUT2D eigenvalue weighted by Gasteiger charge is -2.07. The Balaban J connectivity index is 2.81. The van der Waals surface area contributed by atoms with Gasteiger partial charge in [0, 0.05) is 25.1 Å². The SMILES string of the molecule is NC(=O)CCCNC(=O)c1cc([N+](=O)[O-])cc(Cl)c1Cl. The number of hydrogen-bond donors (Lipinski definition) is 2. The Hall–Kier alpha value is -1.86. The van der Waals surface area contributed by atoms with Crippen LogP contribution in [-0.2, 0) is 4.79 Å². The van der Waals surface area contributed by atoms with Gasteiger partial charge in [0.1, 0.15) is 0 Å². The van der Waals surface area contributed by atoms with E-state index in [1.807, 2.05) is 0 Å². The first-order chi connectivity index (χ1) is 9.32. The van der Waals surface area contributed by atoms with Gasteiger partial charge in [0.25, 0.3) is 11.6 Å². The quantitative estimate of drug-likeness (QED) is 0.473. The highest BCUT2D eigenvalue weighted by Gasteiger charge is 2.19. The lowest BCUT2D eigenvalue weighted by atomic mass is 10.2. The molecule has 0 saturated heterocycles. The second-order valence-corrected chi connectivity index (χ2v) is 4.66. The largest absolute Gasteiger partial charge is 0.370 e. The first kappa shape index (κ1) is 16.2. The Kier molecular flexibility index (Phi) is 5.72. The number of nitrogens with zero attached hydrogens (tertiary/aromatic N) is 1. The van der Waals surface area contributed by atoms with E-state index < -0.39 is 16.7 Å². The maximum Gasteiger partial charge on any atom is 0.271 e. The van der Waals surface area contributed by atoms with E-state index in [4.69, 9.17) is 28.9 Å². The Labute approximate surface area is 124 Å². The van der Waals surface area contributed by atoms with Gasteiger partial charge < -0.3 is 11.1 Å². The van der Waals surface area contributed by atoms with Crippen molar-refractivity contribution in [1.82, 2.24) is 5.32 Å². The van der Waals surface area contributed by atoms with Crippen molar-refractivity contribution < 1.29 is 14.5 Å². The Bertz CT molecular complexity index is 563. The van der Waals surface area contributed by atoms with Gasteiger partial charge in [-0.3, -0.25) is 19.7 Å². The standard InChI is InChI=1S/C11H11Cl2N3O4/c12-8-5-6(16(19)20)4-7(10(8)13)11(18)15-3-1-2-9(14)17/h4-5H,1-3H2,(H2,14,17)(H,15,18). The zero-order chi connectivity index (χ0) is 15.3. The summed E-state index contributed by atoms with van der Waals surface area (Å²) >= 11 is 11.6. The molecule has 1 aromatic rings. The van der Waals surface area contributed by atoms with Crippen molar-refractivity contribution in [1.29, 1.82) is 0 Å². The average Bonchev–Trinajstić information content (AvgIpc) is 2.36. The molecule has 1 aromatic carbocycles. The van der Waals surface area contributed by atoms with Gasteiger partial charge in [-0.2, -0.15) is 0 Å². The number of benzene rings is 1. The number of non-ortho nitro benzene ring substituents is 1. The summed E-state index contributed by atoms with van der Waals surface area (Å²) in [6.45, 7) is 0.193. The van der Waals surface area contributed by atoms with E-state index in [0.29, 0.717) is 6.42 Å². The summed E-state index contributed by atoms with van der Waals surface area (Å²) in [6.07, 6.45) is 0.491. The normalized spacial score (nSPS) is 10.1. The van der Waals surface area contributed by atoms with Crippen molar-refractivity contribution in [2.24, 2.45) is 5.73 Å². The molecule has 0 aliphatic rings.